The average molecular weight is 376 g/mol. The van der Waals surface area contributed by atoms with E-state index in [0.29, 0.717) is 27.4 Å². The molecule has 0 fully saturated rings. The van der Waals surface area contributed by atoms with Crippen LogP contribution in [0.1, 0.15) is 14.8 Å². The van der Waals surface area contributed by atoms with Crippen molar-refractivity contribution in [3.05, 3.63) is 73.0 Å². The van der Waals surface area contributed by atoms with Gasteiger partial charge in [-0.2, -0.15) is 5.26 Å². The zero-order valence-corrected chi connectivity index (χ0v) is 15.4. The fraction of sp³-hybridized carbons (Fsp3) is 0.0500. The van der Waals surface area contributed by atoms with Crippen LogP contribution in [0.25, 0.3) is 33.9 Å². The van der Waals surface area contributed by atoms with Gasteiger partial charge in [-0.1, -0.05) is 18.2 Å². The Morgan fingerprint density at radius 1 is 1.27 bits per heavy atom. The first-order chi connectivity index (χ1) is 12.6. The molecule has 0 unspecified atom stereocenters. The lowest BCUT2D eigenvalue weighted by molar-refractivity contribution is 0.563. The summed E-state index contributed by atoms with van der Waals surface area (Å²) in [7, 11) is 0. The first-order valence-corrected chi connectivity index (χ1v) is 9.51. The molecule has 0 amide bonds. The van der Waals surface area contributed by atoms with Gasteiger partial charge in [-0.15, -0.1) is 22.7 Å². The van der Waals surface area contributed by atoms with Crippen molar-refractivity contribution in [2.75, 3.05) is 0 Å². The van der Waals surface area contributed by atoms with E-state index in [4.69, 9.17) is 4.42 Å². The standard InChI is InChI=1S/C20H12N2O2S2/c1-12-6-7-15(26-12)8-14(10-21)19-22-17(11-25-19)16-9-13-4-2-3-5-18(13)24-20(16)23/h2-9,11H,1H3/b14-8-. The molecule has 0 bridgehead atoms. The molecule has 0 atom stereocenters. The van der Waals surface area contributed by atoms with Crippen LogP contribution in [0, 0.1) is 18.3 Å². The Balaban J connectivity index is 1.76. The Bertz CT molecular complexity index is 1240. The van der Waals surface area contributed by atoms with Crippen molar-refractivity contribution < 1.29 is 4.42 Å². The quantitative estimate of drug-likeness (QED) is 0.357. The molecule has 1 aromatic carbocycles. The number of nitrogens with zero attached hydrogens (tertiary/aromatic N) is 2. The summed E-state index contributed by atoms with van der Waals surface area (Å²) in [6.07, 6.45) is 1.82. The molecule has 0 radical (unpaired) electrons. The van der Waals surface area contributed by atoms with E-state index in [-0.39, 0.29) is 0 Å². The maximum Gasteiger partial charge on any atom is 0.345 e. The minimum atomic E-state index is -0.433. The van der Waals surface area contributed by atoms with E-state index in [9.17, 15) is 10.1 Å². The fourth-order valence-corrected chi connectivity index (χ4v) is 4.18. The monoisotopic (exact) mass is 376 g/mol. The third-order valence-electron chi connectivity index (χ3n) is 3.82. The maximum absolute atomic E-state index is 12.3. The van der Waals surface area contributed by atoms with Gasteiger partial charge in [0.2, 0.25) is 0 Å². The van der Waals surface area contributed by atoms with Crippen molar-refractivity contribution in [3.8, 4) is 17.3 Å². The van der Waals surface area contributed by atoms with Crippen LogP contribution >= 0.6 is 22.7 Å². The number of rotatable bonds is 3. The van der Waals surface area contributed by atoms with Crippen LogP contribution in [-0.2, 0) is 0 Å². The molecule has 3 heterocycles. The number of fused-ring (bicyclic) bond motifs is 1. The van der Waals surface area contributed by atoms with Gasteiger partial charge in [0.15, 0.2) is 0 Å². The van der Waals surface area contributed by atoms with Crippen molar-refractivity contribution in [2.24, 2.45) is 0 Å². The summed E-state index contributed by atoms with van der Waals surface area (Å²) in [5.74, 6) is 0. The Morgan fingerprint density at radius 2 is 2.12 bits per heavy atom. The molecule has 4 rings (SSSR count). The highest BCUT2D eigenvalue weighted by atomic mass is 32.1. The van der Waals surface area contributed by atoms with Gasteiger partial charge in [0, 0.05) is 20.5 Å². The molecule has 0 saturated heterocycles. The summed E-state index contributed by atoms with van der Waals surface area (Å²) in [6, 6.07) is 15.3. The number of thiophene rings is 1. The van der Waals surface area contributed by atoms with Crippen LogP contribution in [0.15, 0.2) is 57.1 Å². The van der Waals surface area contributed by atoms with E-state index in [1.54, 1.807) is 28.8 Å². The smallest absolute Gasteiger partial charge is 0.345 e. The minimum Gasteiger partial charge on any atom is -0.422 e. The van der Waals surface area contributed by atoms with Crippen LogP contribution in [-0.4, -0.2) is 4.98 Å². The van der Waals surface area contributed by atoms with Crippen molar-refractivity contribution >= 4 is 45.3 Å². The number of para-hydroxylation sites is 1. The van der Waals surface area contributed by atoms with Gasteiger partial charge in [0.25, 0.3) is 0 Å². The van der Waals surface area contributed by atoms with Crippen molar-refractivity contribution in [2.45, 2.75) is 6.92 Å². The summed E-state index contributed by atoms with van der Waals surface area (Å²) in [6.45, 7) is 2.02. The third kappa shape index (κ3) is 3.10. The van der Waals surface area contributed by atoms with E-state index in [2.05, 4.69) is 11.1 Å². The van der Waals surface area contributed by atoms with Crippen LogP contribution in [0.2, 0.25) is 0 Å². The van der Waals surface area contributed by atoms with E-state index in [0.717, 1.165) is 10.3 Å². The highest BCUT2D eigenvalue weighted by Gasteiger charge is 2.14. The normalized spacial score (nSPS) is 11.6. The lowest BCUT2D eigenvalue weighted by atomic mass is 10.1. The Morgan fingerprint density at radius 3 is 2.88 bits per heavy atom. The number of hydrogen-bond acceptors (Lipinski definition) is 6. The molecule has 0 aliphatic rings. The molecular weight excluding hydrogens is 364 g/mol. The molecule has 126 valence electrons. The first-order valence-electron chi connectivity index (χ1n) is 7.81. The van der Waals surface area contributed by atoms with Gasteiger partial charge in [0.1, 0.15) is 16.7 Å². The zero-order chi connectivity index (χ0) is 18.1. The molecule has 26 heavy (non-hydrogen) atoms. The molecule has 6 heteroatoms. The summed E-state index contributed by atoms with van der Waals surface area (Å²) in [5, 5.41) is 12.7. The number of benzene rings is 1. The van der Waals surface area contributed by atoms with E-state index >= 15 is 0 Å². The minimum absolute atomic E-state index is 0.399. The van der Waals surface area contributed by atoms with Crippen LogP contribution in [0.5, 0.6) is 0 Å². The van der Waals surface area contributed by atoms with Gasteiger partial charge < -0.3 is 4.42 Å². The lowest BCUT2D eigenvalue weighted by Gasteiger charge is -1.99. The number of nitriles is 1. The number of allylic oxidation sites excluding steroid dienone is 1. The van der Waals surface area contributed by atoms with Gasteiger partial charge in [0.05, 0.1) is 16.8 Å². The second-order valence-corrected chi connectivity index (χ2v) is 7.82. The molecule has 0 N–H and O–H groups in total. The first kappa shape index (κ1) is 16.5. The van der Waals surface area contributed by atoms with Crippen molar-refractivity contribution in [1.29, 1.82) is 5.26 Å². The highest BCUT2D eigenvalue weighted by molar-refractivity contribution is 7.13. The largest absolute Gasteiger partial charge is 0.422 e. The van der Waals surface area contributed by atoms with Crippen molar-refractivity contribution in [1.82, 2.24) is 4.98 Å². The third-order valence-corrected chi connectivity index (χ3v) is 5.64. The summed E-state index contributed by atoms with van der Waals surface area (Å²) in [4.78, 5) is 19.0. The zero-order valence-electron chi connectivity index (χ0n) is 13.7. The number of hydrogen-bond donors (Lipinski definition) is 0. The Kier molecular flexibility index (Phi) is 4.25. The van der Waals surface area contributed by atoms with Crippen LogP contribution < -0.4 is 5.63 Å². The molecule has 3 aromatic heterocycles. The average Bonchev–Trinajstić information content (AvgIpc) is 3.28. The maximum atomic E-state index is 12.3. The van der Waals surface area contributed by atoms with Gasteiger partial charge >= 0.3 is 5.63 Å². The number of aryl methyl sites for hydroxylation is 1. The molecular formula is C20H12N2O2S2. The SMILES string of the molecule is Cc1ccc(/C=C(/C#N)c2nc(-c3cc4ccccc4oc3=O)cs2)s1. The molecule has 4 nitrogen and oxygen atoms in total. The summed E-state index contributed by atoms with van der Waals surface area (Å²) in [5.41, 5.74) is 1.51. The van der Waals surface area contributed by atoms with E-state index in [1.165, 1.54) is 16.2 Å². The second kappa shape index (κ2) is 6.71. The molecule has 0 spiro atoms. The summed E-state index contributed by atoms with van der Waals surface area (Å²) < 4.78 is 5.37. The van der Waals surface area contributed by atoms with Gasteiger partial charge in [-0.05, 0) is 37.3 Å². The molecule has 0 aliphatic carbocycles. The second-order valence-electron chi connectivity index (χ2n) is 5.64. The fourth-order valence-electron chi connectivity index (χ4n) is 2.58. The molecule has 0 aliphatic heterocycles. The van der Waals surface area contributed by atoms with Crippen LogP contribution in [0.3, 0.4) is 0 Å². The number of aromatic nitrogens is 1. The Labute approximate surface area is 157 Å². The van der Waals surface area contributed by atoms with E-state index in [1.807, 2.05) is 43.3 Å². The van der Waals surface area contributed by atoms with Crippen molar-refractivity contribution in [3.63, 3.8) is 0 Å². The number of thiazole rings is 1. The highest BCUT2D eigenvalue weighted by Crippen LogP contribution is 2.28. The predicted octanol–water partition coefficient (Wildman–Crippen LogP) is 5.35. The Hall–Kier alpha value is -3.01. The lowest BCUT2D eigenvalue weighted by Crippen LogP contribution is -2.02. The van der Waals surface area contributed by atoms with Crippen LogP contribution in [0.4, 0.5) is 0 Å². The molecule has 0 saturated carbocycles. The van der Waals surface area contributed by atoms with Gasteiger partial charge in [-0.25, -0.2) is 9.78 Å². The topological polar surface area (TPSA) is 66.9 Å². The van der Waals surface area contributed by atoms with Gasteiger partial charge in [-0.3, -0.25) is 0 Å². The predicted molar refractivity (Wildman–Crippen MR) is 106 cm³/mol. The molecule has 4 aromatic rings. The summed E-state index contributed by atoms with van der Waals surface area (Å²) >= 11 is 2.96. The van der Waals surface area contributed by atoms with E-state index < -0.39 is 5.63 Å².